The van der Waals surface area contributed by atoms with Crippen molar-refractivity contribution < 1.29 is 27.5 Å². The zero-order valence-corrected chi connectivity index (χ0v) is 29.8. The average Bonchev–Trinajstić information content (AvgIpc) is 3.07. The van der Waals surface area contributed by atoms with Crippen molar-refractivity contribution in [1.82, 2.24) is 9.62 Å². The maximum absolute atomic E-state index is 13.9. The third-order valence-corrected chi connectivity index (χ3v) is 9.39. The van der Waals surface area contributed by atoms with Crippen LogP contribution in [0.5, 0.6) is 0 Å². The molecule has 48 heavy (non-hydrogen) atoms. The van der Waals surface area contributed by atoms with E-state index in [1.807, 2.05) is 30.7 Å². The van der Waals surface area contributed by atoms with Crippen LogP contribution in [0, 0.1) is 0 Å². The van der Waals surface area contributed by atoms with Gasteiger partial charge in [0.25, 0.3) is 10.0 Å². The summed E-state index contributed by atoms with van der Waals surface area (Å²) < 4.78 is 33.2. The number of unbranched alkanes of at least 4 members (excludes halogenated alkanes) is 4. The van der Waals surface area contributed by atoms with E-state index in [0.717, 1.165) is 44.1 Å². The maximum atomic E-state index is 13.9. The molecule has 0 bridgehead atoms. The van der Waals surface area contributed by atoms with E-state index in [2.05, 4.69) is 12.2 Å². The Balaban J connectivity index is 1.81. The number of urea groups is 1. The minimum absolute atomic E-state index is 0.0520. The zero-order valence-electron chi connectivity index (χ0n) is 28.3. The summed E-state index contributed by atoms with van der Waals surface area (Å²) in [6, 6.07) is 18.6. The molecule has 0 heterocycles. The van der Waals surface area contributed by atoms with Crippen molar-refractivity contribution in [3.05, 3.63) is 77.3 Å². The van der Waals surface area contributed by atoms with Gasteiger partial charge in [-0.25, -0.2) is 22.7 Å². The van der Waals surface area contributed by atoms with Gasteiger partial charge in [0.05, 0.1) is 22.2 Å². The van der Waals surface area contributed by atoms with Gasteiger partial charge in [0.2, 0.25) is 5.91 Å². The van der Waals surface area contributed by atoms with E-state index in [9.17, 15) is 22.8 Å². The summed E-state index contributed by atoms with van der Waals surface area (Å²) in [6.45, 7) is 7.02. The molecule has 2 N–H and O–H groups in total. The lowest BCUT2D eigenvalue weighted by molar-refractivity contribution is -0.116. The van der Waals surface area contributed by atoms with Crippen LogP contribution in [0.1, 0.15) is 77.7 Å². The number of anilines is 2. The van der Waals surface area contributed by atoms with E-state index < -0.39 is 16.1 Å². The fourth-order valence-electron chi connectivity index (χ4n) is 4.97. The first-order valence-electron chi connectivity index (χ1n) is 16.5. The number of hydrogen-bond donors (Lipinski definition) is 2. The molecule has 3 rings (SSSR count). The van der Waals surface area contributed by atoms with Crippen molar-refractivity contribution >= 4 is 51.0 Å². The molecule has 0 unspecified atom stereocenters. The van der Waals surface area contributed by atoms with Gasteiger partial charge in [-0.2, -0.15) is 0 Å². The first kappa shape index (κ1) is 38.4. The van der Waals surface area contributed by atoms with Crippen LogP contribution in [0.15, 0.2) is 71.6 Å². The molecule has 0 aliphatic carbocycles. The average molecular weight is 699 g/mol. The maximum Gasteiger partial charge on any atom is 0.421 e. The number of ether oxygens (including phenoxy) is 1. The Morgan fingerprint density at radius 3 is 2.23 bits per heavy atom. The van der Waals surface area contributed by atoms with E-state index >= 15 is 0 Å². The molecule has 12 heteroatoms. The molecule has 4 amide bonds. The first-order valence-corrected chi connectivity index (χ1v) is 18.4. The van der Waals surface area contributed by atoms with E-state index in [4.69, 9.17) is 16.3 Å². The highest BCUT2D eigenvalue weighted by Gasteiger charge is 2.24. The second-order valence-corrected chi connectivity index (χ2v) is 13.6. The van der Waals surface area contributed by atoms with Crippen LogP contribution in [-0.2, 0) is 26.1 Å². The second kappa shape index (κ2) is 19.0. The minimum Gasteiger partial charge on any atom is -0.449 e. The molecule has 3 aromatic rings. The van der Waals surface area contributed by atoms with Crippen molar-refractivity contribution in [2.24, 2.45) is 0 Å². The SMILES string of the molecule is CCCCCN(Cc1ccc(-c2ccccc2S(=O)(=O)NC(=O)OCCCC)cc1)C(=O)N(C)c1cc(NC(=O)CCCC)ccc1Cl. The molecular formula is C36H47ClN4O6S. The smallest absolute Gasteiger partial charge is 0.421 e. The van der Waals surface area contributed by atoms with Gasteiger partial charge in [-0.05, 0) is 54.7 Å². The van der Waals surface area contributed by atoms with Crippen LogP contribution >= 0.6 is 11.6 Å². The van der Waals surface area contributed by atoms with Gasteiger partial charge >= 0.3 is 12.1 Å². The number of nitrogens with zero attached hydrogens (tertiary/aromatic N) is 2. The van der Waals surface area contributed by atoms with Crippen LogP contribution in [0.3, 0.4) is 0 Å². The number of nitrogens with one attached hydrogen (secondary N) is 2. The summed E-state index contributed by atoms with van der Waals surface area (Å²) in [5.74, 6) is -0.0925. The molecule has 0 saturated carbocycles. The number of hydrogen-bond acceptors (Lipinski definition) is 6. The molecule has 3 aromatic carbocycles. The van der Waals surface area contributed by atoms with Gasteiger partial charge in [0.15, 0.2) is 0 Å². The van der Waals surface area contributed by atoms with Crippen molar-refractivity contribution in [3.8, 4) is 11.1 Å². The molecule has 0 saturated heterocycles. The summed E-state index contributed by atoms with van der Waals surface area (Å²) in [4.78, 5) is 41.5. The summed E-state index contributed by atoms with van der Waals surface area (Å²) in [6.07, 6.45) is 5.30. The molecule has 0 aromatic heterocycles. The number of halogens is 1. The van der Waals surface area contributed by atoms with Crippen LogP contribution in [-0.4, -0.2) is 51.5 Å². The summed E-state index contributed by atoms with van der Waals surface area (Å²) >= 11 is 6.53. The predicted molar refractivity (Wildman–Crippen MR) is 192 cm³/mol. The van der Waals surface area contributed by atoms with Gasteiger partial charge < -0.3 is 15.0 Å². The number of sulfonamides is 1. The Kier molecular flexibility index (Phi) is 15.2. The molecule has 0 aliphatic rings. The number of amides is 4. The number of carbonyl (C=O) groups excluding carboxylic acids is 3. The Bertz CT molecular complexity index is 1630. The van der Waals surface area contributed by atoms with Crippen molar-refractivity contribution in [2.75, 3.05) is 30.4 Å². The van der Waals surface area contributed by atoms with Crippen molar-refractivity contribution in [2.45, 2.75) is 83.6 Å². The second-order valence-electron chi connectivity index (χ2n) is 11.6. The standard InChI is InChI=1S/C36H47ClN4O6S/c1-5-8-13-23-41(36(44)40(4)32-25-29(21-22-31(32)37)38-34(42)16-9-6-2)26-27-17-19-28(20-18-27)30-14-11-12-15-33(30)48(45,46)39-35(43)47-24-10-7-3/h11-12,14-15,17-22,25H,5-10,13,16,23-24,26H2,1-4H3,(H,38,42)(H,39,43). The highest BCUT2D eigenvalue weighted by molar-refractivity contribution is 7.90. The Morgan fingerprint density at radius 1 is 0.854 bits per heavy atom. The molecule has 260 valence electrons. The molecule has 0 atom stereocenters. The fraction of sp³-hybridized carbons (Fsp3) is 0.417. The highest BCUT2D eigenvalue weighted by atomic mass is 35.5. The Morgan fingerprint density at radius 2 is 1.54 bits per heavy atom. The summed E-state index contributed by atoms with van der Waals surface area (Å²) in [5, 5.41) is 3.27. The first-order chi connectivity index (χ1) is 23.0. The van der Waals surface area contributed by atoms with Gasteiger partial charge in [0, 0.05) is 37.8 Å². The molecule has 0 spiro atoms. The topological polar surface area (TPSA) is 125 Å². The van der Waals surface area contributed by atoms with Crippen LogP contribution < -0.4 is 14.9 Å². The number of carbonyl (C=O) groups is 3. The lowest BCUT2D eigenvalue weighted by Crippen LogP contribution is -2.41. The third kappa shape index (κ3) is 11.3. The summed E-state index contributed by atoms with van der Waals surface area (Å²) in [7, 11) is -2.54. The molecule has 10 nitrogen and oxygen atoms in total. The van der Waals surface area contributed by atoms with E-state index in [1.54, 1.807) is 60.5 Å². The van der Waals surface area contributed by atoms with Crippen molar-refractivity contribution in [3.63, 3.8) is 0 Å². The fourth-order valence-corrected chi connectivity index (χ4v) is 6.34. The monoisotopic (exact) mass is 698 g/mol. The highest BCUT2D eigenvalue weighted by Crippen LogP contribution is 2.31. The van der Waals surface area contributed by atoms with Gasteiger partial charge in [0.1, 0.15) is 0 Å². The van der Waals surface area contributed by atoms with E-state index in [0.29, 0.717) is 53.5 Å². The molecule has 0 aliphatic heterocycles. The molecule has 0 fully saturated rings. The molecule has 0 radical (unpaired) electrons. The van der Waals surface area contributed by atoms with Gasteiger partial charge in [-0.1, -0.05) is 101 Å². The quantitative estimate of drug-likeness (QED) is 0.136. The van der Waals surface area contributed by atoms with Crippen LogP contribution in [0.4, 0.5) is 21.0 Å². The van der Waals surface area contributed by atoms with E-state index in [1.165, 1.54) is 11.0 Å². The van der Waals surface area contributed by atoms with Gasteiger partial charge in [-0.3, -0.25) is 9.69 Å². The largest absolute Gasteiger partial charge is 0.449 e. The third-order valence-electron chi connectivity index (χ3n) is 7.70. The Hall–Kier alpha value is -4.09. The van der Waals surface area contributed by atoms with Gasteiger partial charge in [-0.15, -0.1) is 0 Å². The zero-order chi connectivity index (χ0) is 35.1. The predicted octanol–water partition coefficient (Wildman–Crippen LogP) is 8.60. The van der Waals surface area contributed by atoms with E-state index in [-0.39, 0.29) is 23.4 Å². The molecular weight excluding hydrogens is 652 g/mol. The lowest BCUT2D eigenvalue weighted by Gasteiger charge is -2.29. The van der Waals surface area contributed by atoms with Crippen molar-refractivity contribution in [1.29, 1.82) is 0 Å². The minimum atomic E-state index is -4.20. The lowest BCUT2D eigenvalue weighted by atomic mass is 10.0. The summed E-state index contributed by atoms with van der Waals surface area (Å²) in [5.41, 5.74) is 2.94. The van der Waals surface area contributed by atoms with Crippen LogP contribution in [0.2, 0.25) is 5.02 Å². The van der Waals surface area contributed by atoms with Crippen LogP contribution in [0.25, 0.3) is 11.1 Å². The number of benzene rings is 3. The Labute approximate surface area is 289 Å². The normalized spacial score (nSPS) is 11.1. The number of rotatable bonds is 17.